The summed E-state index contributed by atoms with van der Waals surface area (Å²) < 4.78 is 46.6. The highest BCUT2D eigenvalue weighted by Gasteiger charge is 2.49. The van der Waals surface area contributed by atoms with Gasteiger partial charge < -0.3 is 37.9 Å². The molecule has 2 heterocycles. The van der Waals surface area contributed by atoms with Crippen molar-refractivity contribution in [3.63, 3.8) is 0 Å². The molecule has 0 aromatic heterocycles. The van der Waals surface area contributed by atoms with Gasteiger partial charge in [-0.05, 0) is 49.7 Å². The lowest BCUT2D eigenvalue weighted by atomic mass is 9.76. The van der Waals surface area contributed by atoms with E-state index in [-0.39, 0.29) is 37.9 Å². The van der Waals surface area contributed by atoms with Gasteiger partial charge in [0.1, 0.15) is 0 Å². The average molecular weight is 657 g/mol. The molecule has 0 atom stereocenters. The molecule has 4 rings (SSSR count). The molecule has 2 saturated heterocycles. The fourth-order valence-electron chi connectivity index (χ4n) is 5.53. The van der Waals surface area contributed by atoms with Crippen molar-refractivity contribution in [2.45, 2.75) is 38.5 Å². The third-order valence-electron chi connectivity index (χ3n) is 8.10. The summed E-state index contributed by atoms with van der Waals surface area (Å²) in [5, 5.41) is 0. The normalized spacial score (nSPS) is 19.2. The Morgan fingerprint density at radius 3 is 1.17 bits per heavy atom. The van der Waals surface area contributed by atoms with Gasteiger partial charge in [0.25, 0.3) is 0 Å². The van der Waals surface area contributed by atoms with Gasteiger partial charge in [-0.1, -0.05) is 60.7 Å². The van der Waals surface area contributed by atoms with E-state index in [1.54, 1.807) is 0 Å². The van der Waals surface area contributed by atoms with Gasteiger partial charge in [0.2, 0.25) is 0 Å². The second-order valence-corrected chi connectivity index (χ2v) is 12.3. The summed E-state index contributed by atoms with van der Waals surface area (Å²) in [4.78, 5) is 28.7. The van der Waals surface area contributed by atoms with E-state index in [0.717, 1.165) is 36.8 Å². The van der Waals surface area contributed by atoms with Crippen molar-refractivity contribution >= 4 is 11.9 Å². The van der Waals surface area contributed by atoms with Crippen LogP contribution in [0.25, 0.3) is 0 Å². The van der Waals surface area contributed by atoms with Crippen LogP contribution in [-0.2, 0) is 60.3 Å². The molecule has 47 heavy (non-hydrogen) atoms. The number of hydrogen-bond acceptors (Lipinski definition) is 10. The van der Waals surface area contributed by atoms with Crippen LogP contribution in [0.1, 0.15) is 36.8 Å². The molecule has 2 aromatic carbocycles. The van der Waals surface area contributed by atoms with E-state index < -0.39 is 17.4 Å². The minimum atomic E-state index is -1.63. The summed E-state index contributed by atoms with van der Waals surface area (Å²) in [5.74, 6) is -1.61. The first kappa shape index (κ1) is 37.0. The van der Waals surface area contributed by atoms with Gasteiger partial charge >= 0.3 is 11.9 Å². The average Bonchev–Trinajstić information content (AvgIpc) is 3.08. The monoisotopic (exact) mass is 656 g/mol. The quantitative estimate of drug-likeness (QED) is 0.269. The highest BCUT2D eigenvalue weighted by Crippen LogP contribution is 2.33. The Morgan fingerprint density at radius 2 is 0.830 bits per heavy atom. The zero-order valence-electron chi connectivity index (χ0n) is 27.7. The molecule has 0 spiro atoms. The lowest BCUT2D eigenvalue weighted by Gasteiger charge is -2.31. The Balaban J connectivity index is 1.53. The van der Waals surface area contributed by atoms with Crippen molar-refractivity contribution in [1.82, 2.24) is 0 Å². The van der Waals surface area contributed by atoms with Crippen LogP contribution in [0.15, 0.2) is 60.7 Å². The van der Waals surface area contributed by atoms with Gasteiger partial charge in [-0.25, -0.2) is 0 Å². The summed E-state index contributed by atoms with van der Waals surface area (Å²) in [6.45, 7) is 6.33. The Bertz CT molecular complexity index is 1010. The van der Waals surface area contributed by atoms with Crippen LogP contribution in [0.4, 0.5) is 0 Å². The number of carbonyl (C=O) groups excluding carboxylic acids is 2. The van der Waals surface area contributed by atoms with E-state index >= 15 is 0 Å². The molecule has 0 N–H and O–H groups in total. The highest BCUT2D eigenvalue weighted by molar-refractivity contribution is 6.00. The van der Waals surface area contributed by atoms with Crippen LogP contribution in [0.5, 0.6) is 0 Å². The minimum Gasteiger partial charge on any atom is -0.464 e. The first-order valence-electron chi connectivity index (χ1n) is 17.0. The Kier molecular flexibility index (Phi) is 17.2. The van der Waals surface area contributed by atoms with Crippen LogP contribution < -0.4 is 0 Å². The van der Waals surface area contributed by atoms with Gasteiger partial charge in [-0.15, -0.1) is 0 Å². The number of ether oxygens (including phenoxy) is 8. The van der Waals surface area contributed by atoms with Crippen molar-refractivity contribution < 1.29 is 47.5 Å². The van der Waals surface area contributed by atoms with E-state index in [2.05, 4.69) is 0 Å². The van der Waals surface area contributed by atoms with Crippen molar-refractivity contribution in [3.8, 4) is 0 Å². The van der Waals surface area contributed by atoms with E-state index in [9.17, 15) is 9.59 Å². The maximum atomic E-state index is 14.4. The predicted molar refractivity (Wildman–Crippen MR) is 175 cm³/mol. The number of carbonyl (C=O) groups is 2. The molecule has 2 aromatic rings. The Morgan fingerprint density at radius 1 is 0.511 bits per heavy atom. The molecule has 0 saturated carbocycles. The molecule has 0 bridgehead atoms. The fraction of sp³-hybridized carbons (Fsp3) is 0.622. The van der Waals surface area contributed by atoms with Gasteiger partial charge in [-0.3, -0.25) is 9.59 Å². The zero-order valence-corrected chi connectivity index (χ0v) is 27.7. The largest absolute Gasteiger partial charge is 0.464 e. The summed E-state index contributed by atoms with van der Waals surface area (Å²) in [5.41, 5.74) is 0.0339. The minimum absolute atomic E-state index is 0.0575. The van der Waals surface area contributed by atoms with Crippen LogP contribution in [0.2, 0.25) is 0 Å². The molecule has 260 valence electrons. The standard InChI is InChI=1S/C37H52O10/c38-35(46-29-33-25-42-19-7-15-40-16-8-20-43-26-33)37(23-31-11-3-1-4-12-31,24-32-13-5-2-6-14-32)36(39)47-30-34-27-44-21-9-17-41-18-10-22-45-28-34/h1-6,11-14,33-34H,7-10,15-30H2. The summed E-state index contributed by atoms with van der Waals surface area (Å²) >= 11 is 0. The first-order chi connectivity index (χ1) is 23.2. The van der Waals surface area contributed by atoms with E-state index in [4.69, 9.17) is 37.9 Å². The number of esters is 2. The first-order valence-corrected chi connectivity index (χ1v) is 17.0. The van der Waals surface area contributed by atoms with Crippen LogP contribution >= 0.6 is 0 Å². The third kappa shape index (κ3) is 13.6. The molecular weight excluding hydrogens is 604 g/mol. The molecule has 10 nitrogen and oxygen atoms in total. The third-order valence-corrected chi connectivity index (χ3v) is 8.10. The van der Waals surface area contributed by atoms with Gasteiger partial charge in [-0.2, -0.15) is 0 Å². The van der Waals surface area contributed by atoms with Gasteiger partial charge in [0, 0.05) is 64.7 Å². The van der Waals surface area contributed by atoms with E-state index in [0.29, 0.717) is 79.3 Å². The molecule has 2 aliphatic heterocycles. The van der Waals surface area contributed by atoms with E-state index in [1.165, 1.54) is 0 Å². The molecule has 2 aliphatic rings. The number of benzene rings is 2. The smallest absolute Gasteiger partial charge is 0.324 e. The van der Waals surface area contributed by atoms with Gasteiger partial charge in [0.15, 0.2) is 5.41 Å². The maximum absolute atomic E-state index is 14.4. The molecule has 10 heteroatoms. The zero-order chi connectivity index (χ0) is 32.8. The lowest BCUT2D eigenvalue weighted by molar-refractivity contribution is -0.175. The van der Waals surface area contributed by atoms with Crippen molar-refractivity contribution in [2.24, 2.45) is 17.3 Å². The lowest BCUT2D eigenvalue weighted by Crippen LogP contribution is -2.47. The summed E-state index contributed by atoms with van der Waals surface area (Å²) in [6.07, 6.45) is 3.42. The van der Waals surface area contributed by atoms with Crippen molar-refractivity contribution in [2.75, 3.05) is 92.5 Å². The molecule has 0 unspecified atom stereocenters. The highest BCUT2D eigenvalue weighted by atomic mass is 16.6. The SMILES string of the molecule is O=C(OCC1COCCCOCCCOC1)C(Cc1ccccc1)(Cc1ccccc1)C(=O)OCC1COCCCOCCCOC1. The topological polar surface area (TPSA) is 108 Å². The number of rotatable bonds is 10. The summed E-state index contributed by atoms with van der Waals surface area (Å²) in [6, 6.07) is 19.1. The second kappa shape index (κ2) is 21.9. The van der Waals surface area contributed by atoms with E-state index in [1.807, 2.05) is 60.7 Å². The second-order valence-electron chi connectivity index (χ2n) is 12.3. The number of hydrogen-bond donors (Lipinski definition) is 0. The maximum Gasteiger partial charge on any atom is 0.324 e. The summed E-state index contributed by atoms with van der Waals surface area (Å²) in [7, 11) is 0. The van der Waals surface area contributed by atoms with Crippen LogP contribution in [-0.4, -0.2) is 104 Å². The van der Waals surface area contributed by atoms with Gasteiger partial charge in [0.05, 0.1) is 39.6 Å². The molecular formula is C37H52O10. The van der Waals surface area contributed by atoms with Crippen LogP contribution in [0.3, 0.4) is 0 Å². The predicted octanol–water partition coefficient (Wildman–Crippen LogP) is 4.46. The van der Waals surface area contributed by atoms with Crippen LogP contribution in [0, 0.1) is 17.3 Å². The molecule has 0 amide bonds. The molecule has 0 radical (unpaired) electrons. The Hall–Kier alpha value is -2.86. The Labute approximate surface area is 279 Å². The van der Waals surface area contributed by atoms with Crippen molar-refractivity contribution in [3.05, 3.63) is 71.8 Å². The molecule has 0 aliphatic carbocycles. The molecule has 2 fully saturated rings. The fourth-order valence-corrected chi connectivity index (χ4v) is 5.53. The van der Waals surface area contributed by atoms with Crippen molar-refractivity contribution in [1.29, 1.82) is 0 Å².